The number of hydrogen-bond donors (Lipinski definition) is 2. The van der Waals surface area contributed by atoms with Gasteiger partial charge >= 0.3 is 0 Å². The smallest absolute Gasteiger partial charge is 0.201 e. The largest absolute Gasteiger partial charge is 0.468 e. The third kappa shape index (κ3) is 6.28. The van der Waals surface area contributed by atoms with Crippen LogP contribution in [0.1, 0.15) is 89.9 Å². The number of ether oxygens (including phenoxy) is 1. The molecule has 4 heterocycles. The Bertz CT molecular complexity index is 1360. The molecule has 1 saturated heterocycles. The van der Waals surface area contributed by atoms with Crippen molar-refractivity contribution in [3.8, 4) is 11.9 Å². The second kappa shape index (κ2) is 13.3. The minimum atomic E-state index is -0.283. The maximum Gasteiger partial charge on any atom is 0.201 e. The molecule has 9 heteroatoms. The lowest BCUT2D eigenvalue weighted by atomic mass is 9.88. The van der Waals surface area contributed by atoms with Gasteiger partial charge in [0.2, 0.25) is 5.88 Å². The molecule has 0 aromatic carbocycles. The van der Waals surface area contributed by atoms with Gasteiger partial charge in [0.15, 0.2) is 0 Å². The highest BCUT2D eigenvalue weighted by molar-refractivity contribution is 6.47. The number of hydrogen-bond acceptors (Lipinski definition) is 8. The zero-order valence-corrected chi connectivity index (χ0v) is 24.3. The Morgan fingerprint density at radius 2 is 1.90 bits per heavy atom. The molecule has 3 N–H and O–H groups in total. The van der Waals surface area contributed by atoms with E-state index in [-0.39, 0.29) is 17.6 Å². The van der Waals surface area contributed by atoms with Crippen molar-refractivity contribution in [1.82, 2.24) is 19.7 Å². The van der Waals surface area contributed by atoms with E-state index >= 15 is 0 Å². The van der Waals surface area contributed by atoms with Crippen molar-refractivity contribution in [2.75, 3.05) is 13.1 Å². The third-order valence-corrected chi connectivity index (χ3v) is 6.89. The first kappa shape index (κ1) is 29.8. The first-order valence-corrected chi connectivity index (χ1v) is 14.0. The number of aliphatic imine (C=N–C) groups is 1. The van der Waals surface area contributed by atoms with Gasteiger partial charge in [-0.3, -0.25) is 14.4 Å². The van der Waals surface area contributed by atoms with E-state index in [1.165, 1.54) is 5.56 Å². The van der Waals surface area contributed by atoms with Crippen molar-refractivity contribution in [3.63, 3.8) is 0 Å². The second-order valence-corrected chi connectivity index (χ2v) is 9.92. The molecule has 9 nitrogen and oxygen atoms in total. The molecule has 208 valence electrons. The van der Waals surface area contributed by atoms with Gasteiger partial charge in [-0.2, -0.15) is 10.4 Å². The fourth-order valence-electron chi connectivity index (χ4n) is 5.15. The number of piperidine rings is 1. The van der Waals surface area contributed by atoms with Crippen LogP contribution in [0, 0.1) is 16.7 Å². The van der Waals surface area contributed by atoms with E-state index < -0.39 is 0 Å². The minimum Gasteiger partial charge on any atom is -0.468 e. The van der Waals surface area contributed by atoms with Crippen LogP contribution in [0.15, 0.2) is 46.8 Å². The van der Waals surface area contributed by atoms with E-state index in [2.05, 4.69) is 46.4 Å². The summed E-state index contributed by atoms with van der Waals surface area (Å²) in [5, 5.41) is 17.2. The van der Waals surface area contributed by atoms with E-state index in [9.17, 15) is 5.26 Å². The number of rotatable bonds is 5. The summed E-state index contributed by atoms with van der Waals surface area (Å²) in [6.07, 6.45) is 5.88. The predicted octanol–water partition coefficient (Wildman–Crippen LogP) is 5.23. The summed E-state index contributed by atoms with van der Waals surface area (Å²) in [4.78, 5) is 14.0. The van der Waals surface area contributed by atoms with E-state index in [4.69, 9.17) is 15.6 Å². The highest BCUT2D eigenvalue weighted by atomic mass is 16.5. The number of aromatic nitrogens is 3. The van der Waals surface area contributed by atoms with Crippen LogP contribution in [-0.4, -0.2) is 44.9 Å². The quantitative estimate of drug-likeness (QED) is 0.264. The highest BCUT2D eigenvalue weighted by Crippen LogP contribution is 2.46. The van der Waals surface area contributed by atoms with E-state index in [1.54, 1.807) is 16.8 Å². The van der Waals surface area contributed by atoms with Crippen LogP contribution in [-0.2, 0) is 6.42 Å². The molecule has 1 atom stereocenters. The SMILES string of the molecule is CC.CC.CC(=NC1CCNCC1)/C(=N\N)c1cc(OC2c3ncccc3CC2(C)C)n2c(C#N)cnc2c1. The zero-order valence-electron chi connectivity index (χ0n) is 24.3. The summed E-state index contributed by atoms with van der Waals surface area (Å²) < 4.78 is 8.39. The third-order valence-electron chi connectivity index (χ3n) is 6.89. The molecule has 1 aliphatic heterocycles. The Morgan fingerprint density at radius 3 is 2.56 bits per heavy atom. The summed E-state index contributed by atoms with van der Waals surface area (Å²) >= 11 is 0. The van der Waals surface area contributed by atoms with Crippen molar-refractivity contribution < 1.29 is 4.74 Å². The number of nitrogens with one attached hydrogen (secondary N) is 1. The molecule has 0 amide bonds. The molecule has 1 aliphatic carbocycles. The molecule has 0 spiro atoms. The lowest BCUT2D eigenvalue weighted by Gasteiger charge is -2.28. The number of nitrogens with two attached hydrogens (primary N) is 1. The molecule has 3 aromatic heterocycles. The molecule has 3 aromatic rings. The summed E-state index contributed by atoms with van der Waals surface area (Å²) in [5.41, 5.74) is 5.01. The van der Waals surface area contributed by atoms with E-state index in [1.807, 2.05) is 52.8 Å². The molecule has 5 rings (SSSR count). The maximum atomic E-state index is 9.72. The Morgan fingerprint density at radius 1 is 1.18 bits per heavy atom. The van der Waals surface area contributed by atoms with E-state index in [0.29, 0.717) is 22.9 Å². The van der Waals surface area contributed by atoms with Gasteiger partial charge in [-0.1, -0.05) is 47.6 Å². The predicted molar refractivity (Wildman–Crippen MR) is 157 cm³/mol. The Balaban J connectivity index is 0.00000100. The second-order valence-electron chi connectivity index (χ2n) is 9.92. The van der Waals surface area contributed by atoms with Crippen LogP contribution in [0.4, 0.5) is 0 Å². The average molecular weight is 531 g/mol. The molecule has 1 fully saturated rings. The Kier molecular flexibility index (Phi) is 10.2. The van der Waals surface area contributed by atoms with E-state index in [0.717, 1.165) is 49.3 Å². The Hall–Kier alpha value is -3.77. The lowest BCUT2D eigenvalue weighted by Crippen LogP contribution is -2.31. The van der Waals surface area contributed by atoms with Crippen molar-refractivity contribution in [1.29, 1.82) is 5.26 Å². The molecule has 0 bridgehead atoms. The molecule has 2 aliphatic rings. The van der Waals surface area contributed by atoms with Gasteiger partial charge < -0.3 is 15.9 Å². The van der Waals surface area contributed by atoms with Gasteiger partial charge in [-0.15, -0.1) is 0 Å². The number of nitriles is 1. The van der Waals surface area contributed by atoms with Gasteiger partial charge in [0, 0.05) is 23.2 Å². The number of imidazole rings is 1. The van der Waals surface area contributed by atoms with Crippen LogP contribution >= 0.6 is 0 Å². The topological polar surface area (TPSA) is 126 Å². The Labute approximate surface area is 232 Å². The molecule has 0 saturated carbocycles. The molecule has 39 heavy (non-hydrogen) atoms. The molecular weight excluding hydrogens is 488 g/mol. The van der Waals surface area contributed by atoms with Crippen LogP contribution in [0.5, 0.6) is 5.88 Å². The number of hydrazone groups is 1. The first-order chi connectivity index (χ1) is 18.9. The van der Waals surface area contributed by atoms with Crippen LogP contribution in [0.3, 0.4) is 0 Å². The first-order valence-electron chi connectivity index (χ1n) is 14.0. The average Bonchev–Trinajstić information content (AvgIpc) is 3.49. The normalized spacial score (nSPS) is 18.8. The van der Waals surface area contributed by atoms with Gasteiger partial charge in [0.1, 0.15) is 29.2 Å². The summed E-state index contributed by atoms with van der Waals surface area (Å²) in [6, 6.07) is 10.2. The van der Waals surface area contributed by atoms with Gasteiger partial charge in [-0.05, 0) is 57.0 Å². The van der Waals surface area contributed by atoms with Crippen molar-refractivity contribution in [2.24, 2.45) is 21.4 Å². The van der Waals surface area contributed by atoms with Gasteiger partial charge in [-0.25, -0.2) is 4.98 Å². The van der Waals surface area contributed by atoms with Crippen molar-refractivity contribution >= 4 is 17.1 Å². The minimum absolute atomic E-state index is 0.177. The number of nitrogens with zero attached hydrogens (tertiary/aromatic N) is 6. The van der Waals surface area contributed by atoms with Gasteiger partial charge in [0.25, 0.3) is 0 Å². The fraction of sp³-hybridized carbons (Fsp3) is 0.500. The van der Waals surface area contributed by atoms with Gasteiger partial charge in [0.05, 0.1) is 23.6 Å². The summed E-state index contributed by atoms with van der Waals surface area (Å²) in [7, 11) is 0. The zero-order chi connectivity index (χ0) is 28.6. The standard InChI is InChI=1S/C26H30N8O.2C2H6/c1-16(32-19-6-9-29-10-7-19)23(33-28)18-11-21-31-15-20(14-27)34(21)22(12-18)35-25-24-17(5-4-8-30-24)13-26(25,2)3;2*1-2/h4-5,8,11-12,15,19,25,29H,6-7,9-10,13,28H2,1-3H3;2*1-2H3/b32-16?,33-23+;;. The summed E-state index contributed by atoms with van der Waals surface area (Å²) in [5.74, 6) is 6.37. The number of fused-ring (bicyclic) bond motifs is 2. The van der Waals surface area contributed by atoms with Crippen LogP contribution < -0.4 is 15.9 Å². The lowest BCUT2D eigenvalue weighted by molar-refractivity contribution is 0.0813. The molecule has 0 radical (unpaired) electrons. The summed E-state index contributed by atoms with van der Waals surface area (Å²) in [6.45, 7) is 16.2. The fourth-order valence-corrected chi connectivity index (χ4v) is 5.15. The van der Waals surface area contributed by atoms with Crippen molar-refractivity contribution in [2.45, 2.75) is 79.9 Å². The highest BCUT2D eigenvalue weighted by Gasteiger charge is 2.42. The molecular formula is C30H42N8O. The monoisotopic (exact) mass is 530 g/mol. The molecule has 1 unspecified atom stereocenters. The number of pyridine rings is 2. The maximum absolute atomic E-state index is 9.72. The van der Waals surface area contributed by atoms with Crippen LogP contribution in [0.25, 0.3) is 5.65 Å². The van der Waals surface area contributed by atoms with Crippen LogP contribution in [0.2, 0.25) is 0 Å². The van der Waals surface area contributed by atoms with Crippen molar-refractivity contribution in [3.05, 3.63) is 59.2 Å².